The summed E-state index contributed by atoms with van der Waals surface area (Å²) in [4.78, 5) is 4.72. The molecule has 4 aromatic heterocycles. The number of fused-ring (bicyclic) bond motifs is 9. The van der Waals surface area contributed by atoms with Gasteiger partial charge in [-0.15, -0.1) is 22.7 Å². The Morgan fingerprint density at radius 3 is 1.07 bits per heavy atom. The summed E-state index contributed by atoms with van der Waals surface area (Å²) in [5.74, 6) is 0. The number of para-hydroxylation sites is 2. The number of rotatable bonds is 8. The SMILES string of the molecule is c1ccc(N(c2ccc(-n3c4cc5ccsc5cc4c4c3c3cc5sccc5cc3n4-c3ccc(N(c4ccccc4)c4ccc5ccccc5c4)cc3)cc2)c2ccc3ccccc3c2)cc1. The molecule has 0 spiro atoms. The summed E-state index contributed by atoms with van der Waals surface area (Å²) in [5, 5.41) is 14.3. The third-order valence-corrected chi connectivity index (χ3v) is 15.3. The highest BCUT2D eigenvalue weighted by Crippen LogP contribution is 2.46. The van der Waals surface area contributed by atoms with Crippen LogP contribution in [-0.2, 0) is 0 Å². The first-order chi connectivity index (χ1) is 33.7. The number of aromatic nitrogens is 2. The van der Waals surface area contributed by atoms with Crippen molar-refractivity contribution in [2.24, 2.45) is 0 Å². The fraction of sp³-hybridized carbons (Fsp3) is 0. The van der Waals surface area contributed by atoms with Crippen LogP contribution in [0.5, 0.6) is 0 Å². The van der Waals surface area contributed by atoms with E-state index >= 15 is 0 Å². The Balaban J connectivity index is 0.970. The Bertz CT molecular complexity index is 3930. The molecule has 14 rings (SSSR count). The largest absolute Gasteiger partial charge is 0.310 e. The van der Waals surface area contributed by atoms with Crippen molar-refractivity contribution in [2.45, 2.75) is 0 Å². The first-order valence-corrected chi connectivity index (χ1v) is 24.7. The van der Waals surface area contributed by atoms with Gasteiger partial charge in [0.15, 0.2) is 0 Å². The van der Waals surface area contributed by atoms with Crippen molar-refractivity contribution in [1.82, 2.24) is 9.13 Å². The third-order valence-electron chi connectivity index (χ3n) is 13.5. The van der Waals surface area contributed by atoms with Crippen molar-refractivity contribution in [3.8, 4) is 11.4 Å². The van der Waals surface area contributed by atoms with Gasteiger partial charge in [0.05, 0.1) is 22.1 Å². The van der Waals surface area contributed by atoms with Gasteiger partial charge >= 0.3 is 0 Å². The molecular formula is C62H40N4S2. The second kappa shape index (κ2) is 15.6. The van der Waals surface area contributed by atoms with Gasteiger partial charge in [0, 0.05) is 65.7 Å². The molecule has 0 unspecified atom stereocenters. The van der Waals surface area contributed by atoms with Gasteiger partial charge in [-0.05, 0) is 177 Å². The standard InChI is InChI=1S/C62H40N4S2/c1-3-15-47(16-4-1)63(53-21-19-41-11-7-9-13-43(41)35-53)49-23-27-51(28-24-49)65-57-37-45-31-33-67-59(45)39-55(57)62-61(65)56-40-60-46(32-34-68-60)38-58(56)66(62)52-29-25-50(26-30-52)64(48-17-5-2-6-18-48)54-22-20-42-12-8-10-14-44(42)36-54/h1-40H. The molecular weight excluding hydrogens is 865 g/mol. The second-order valence-electron chi connectivity index (χ2n) is 17.5. The van der Waals surface area contributed by atoms with Crippen LogP contribution in [0.2, 0.25) is 0 Å². The summed E-state index contributed by atoms with van der Waals surface area (Å²) in [6, 6.07) is 84.5. The number of hydrogen-bond donors (Lipinski definition) is 0. The Hall–Kier alpha value is -8.42. The van der Waals surface area contributed by atoms with Crippen molar-refractivity contribution < 1.29 is 0 Å². The topological polar surface area (TPSA) is 16.3 Å². The van der Waals surface area contributed by atoms with E-state index in [1.165, 1.54) is 74.6 Å². The molecule has 0 aliphatic rings. The lowest BCUT2D eigenvalue weighted by Crippen LogP contribution is -2.10. The first-order valence-electron chi connectivity index (χ1n) is 23.0. The van der Waals surface area contributed by atoms with E-state index in [1.54, 1.807) is 22.7 Å². The molecule has 0 bridgehead atoms. The van der Waals surface area contributed by atoms with Gasteiger partial charge in [-0.2, -0.15) is 0 Å². The van der Waals surface area contributed by atoms with E-state index in [0.717, 1.165) is 45.5 Å². The smallest absolute Gasteiger partial charge is 0.0804 e. The third kappa shape index (κ3) is 6.26. The van der Waals surface area contributed by atoms with Gasteiger partial charge in [0.2, 0.25) is 0 Å². The highest BCUT2D eigenvalue weighted by Gasteiger charge is 2.25. The molecule has 4 nitrogen and oxygen atoms in total. The average Bonchev–Trinajstić information content (AvgIpc) is 4.20. The van der Waals surface area contributed by atoms with E-state index in [-0.39, 0.29) is 0 Å². The molecule has 68 heavy (non-hydrogen) atoms. The predicted octanol–water partition coefficient (Wildman–Crippen LogP) is 18.4. The van der Waals surface area contributed by atoms with E-state index in [9.17, 15) is 0 Å². The molecule has 10 aromatic carbocycles. The maximum absolute atomic E-state index is 2.51. The summed E-state index contributed by atoms with van der Waals surface area (Å²) < 4.78 is 7.58. The van der Waals surface area contributed by atoms with Crippen LogP contribution in [0.4, 0.5) is 34.1 Å². The van der Waals surface area contributed by atoms with Crippen LogP contribution in [0.25, 0.3) is 85.9 Å². The summed E-state index contributed by atoms with van der Waals surface area (Å²) in [6.07, 6.45) is 0. The normalized spacial score (nSPS) is 11.8. The van der Waals surface area contributed by atoms with Crippen LogP contribution in [0, 0.1) is 0 Å². The number of thiophene rings is 2. The molecule has 0 atom stereocenters. The minimum absolute atomic E-state index is 1.10. The molecule has 0 aliphatic carbocycles. The quantitative estimate of drug-likeness (QED) is 0.151. The molecule has 0 radical (unpaired) electrons. The zero-order valence-corrected chi connectivity index (χ0v) is 38.3. The Morgan fingerprint density at radius 1 is 0.279 bits per heavy atom. The fourth-order valence-electron chi connectivity index (χ4n) is 10.4. The van der Waals surface area contributed by atoms with Gasteiger partial charge in [-0.25, -0.2) is 0 Å². The number of nitrogens with zero attached hydrogens (tertiary/aromatic N) is 4. The molecule has 0 aliphatic heterocycles. The summed E-state index contributed by atoms with van der Waals surface area (Å²) in [7, 11) is 0. The maximum atomic E-state index is 2.51. The number of hydrogen-bond acceptors (Lipinski definition) is 4. The zero-order chi connectivity index (χ0) is 44.7. The molecule has 0 N–H and O–H groups in total. The summed E-state index contributed by atoms with van der Waals surface area (Å²) >= 11 is 3.61. The maximum Gasteiger partial charge on any atom is 0.0804 e. The lowest BCUT2D eigenvalue weighted by atomic mass is 10.1. The second-order valence-corrected chi connectivity index (χ2v) is 19.4. The van der Waals surface area contributed by atoms with Crippen LogP contribution in [-0.4, -0.2) is 9.13 Å². The van der Waals surface area contributed by atoms with Gasteiger partial charge in [0.1, 0.15) is 0 Å². The molecule has 0 saturated heterocycles. The van der Waals surface area contributed by atoms with Gasteiger partial charge < -0.3 is 18.9 Å². The van der Waals surface area contributed by atoms with Crippen molar-refractivity contribution in [3.05, 3.63) is 241 Å². The molecule has 0 saturated carbocycles. The molecule has 14 aromatic rings. The van der Waals surface area contributed by atoms with Crippen molar-refractivity contribution >= 4 is 131 Å². The van der Waals surface area contributed by atoms with Crippen molar-refractivity contribution in [1.29, 1.82) is 0 Å². The van der Waals surface area contributed by atoms with Crippen LogP contribution >= 0.6 is 22.7 Å². The van der Waals surface area contributed by atoms with Gasteiger partial charge in [0.25, 0.3) is 0 Å². The van der Waals surface area contributed by atoms with E-state index < -0.39 is 0 Å². The van der Waals surface area contributed by atoms with Crippen molar-refractivity contribution in [3.63, 3.8) is 0 Å². The van der Waals surface area contributed by atoms with Crippen LogP contribution in [0.1, 0.15) is 0 Å². The van der Waals surface area contributed by atoms with Crippen LogP contribution in [0.3, 0.4) is 0 Å². The molecule has 0 amide bonds. The lowest BCUT2D eigenvalue weighted by Gasteiger charge is -2.26. The number of anilines is 6. The van der Waals surface area contributed by atoms with Crippen LogP contribution < -0.4 is 9.80 Å². The molecule has 4 heterocycles. The minimum Gasteiger partial charge on any atom is -0.310 e. The van der Waals surface area contributed by atoms with E-state index in [1.807, 2.05) is 0 Å². The average molecular weight is 905 g/mol. The Kier molecular flexibility index (Phi) is 8.90. The van der Waals surface area contributed by atoms with Gasteiger partial charge in [-0.3, -0.25) is 0 Å². The summed E-state index contributed by atoms with van der Waals surface area (Å²) in [5.41, 5.74) is 13.7. The van der Waals surface area contributed by atoms with Crippen molar-refractivity contribution in [2.75, 3.05) is 9.80 Å². The first kappa shape index (κ1) is 38.8. The Morgan fingerprint density at radius 2 is 0.647 bits per heavy atom. The Labute approximate surface area is 400 Å². The van der Waals surface area contributed by atoms with Gasteiger partial charge in [-0.1, -0.05) is 97.1 Å². The highest BCUT2D eigenvalue weighted by atomic mass is 32.1. The highest BCUT2D eigenvalue weighted by molar-refractivity contribution is 7.17. The molecule has 0 fully saturated rings. The summed E-state index contributed by atoms with van der Waals surface area (Å²) in [6.45, 7) is 0. The number of benzene rings is 10. The fourth-order valence-corrected chi connectivity index (χ4v) is 12.0. The minimum atomic E-state index is 1.10. The van der Waals surface area contributed by atoms with E-state index in [0.29, 0.717) is 0 Å². The van der Waals surface area contributed by atoms with E-state index in [4.69, 9.17) is 0 Å². The molecule has 6 heteroatoms. The predicted molar refractivity (Wildman–Crippen MR) is 293 cm³/mol. The molecule has 320 valence electrons. The lowest BCUT2D eigenvalue weighted by molar-refractivity contribution is 1.17. The monoisotopic (exact) mass is 904 g/mol. The van der Waals surface area contributed by atoms with E-state index in [2.05, 4.69) is 260 Å². The van der Waals surface area contributed by atoms with Crippen LogP contribution in [0.15, 0.2) is 241 Å². The zero-order valence-electron chi connectivity index (χ0n) is 36.7.